The highest BCUT2D eigenvalue weighted by Gasteiger charge is 2.80. The minimum Gasteiger partial charge on any atom is -0.458 e. The molecule has 4 aliphatic carbocycles. The van der Waals surface area contributed by atoms with Gasteiger partial charge in [0.05, 0.1) is 30.3 Å². The van der Waals surface area contributed by atoms with Gasteiger partial charge in [-0.2, -0.15) is 0 Å². The monoisotopic (exact) mass is 632 g/mol. The molecule has 0 amide bonds. The maximum atomic E-state index is 13.4. The second kappa shape index (κ2) is 10.9. The molecule has 5 N–H and O–H groups in total. The van der Waals surface area contributed by atoms with Gasteiger partial charge in [0.2, 0.25) is 0 Å². The van der Waals surface area contributed by atoms with Crippen LogP contribution in [0, 0.1) is 40.4 Å². The molecule has 11 nitrogen and oxygen atoms in total. The summed E-state index contributed by atoms with van der Waals surface area (Å²) in [5.74, 6) is 0.994. The summed E-state index contributed by atoms with van der Waals surface area (Å²) < 4.78 is 23.4. The first-order chi connectivity index (χ1) is 21.3. The van der Waals surface area contributed by atoms with Crippen molar-refractivity contribution < 1.29 is 54.1 Å². The van der Waals surface area contributed by atoms with E-state index in [0.717, 1.165) is 37.7 Å². The number of fused-ring (bicyclic) bond motifs is 4. The Balaban J connectivity index is 1.03. The van der Waals surface area contributed by atoms with Crippen LogP contribution in [-0.4, -0.2) is 105 Å². The van der Waals surface area contributed by atoms with Crippen molar-refractivity contribution in [3.05, 3.63) is 23.3 Å². The number of rotatable bonds is 6. The zero-order valence-corrected chi connectivity index (χ0v) is 26.5. The van der Waals surface area contributed by atoms with Crippen LogP contribution in [0.25, 0.3) is 0 Å². The highest BCUT2D eigenvalue weighted by Crippen LogP contribution is 2.73. The number of ketones is 1. The predicted molar refractivity (Wildman–Crippen MR) is 157 cm³/mol. The zero-order valence-electron chi connectivity index (χ0n) is 26.5. The van der Waals surface area contributed by atoms with Gasteiger partial charge in [0.15, 0.2) is 12.1 Å². The third kappa shape index (κ3) is 4.38. The lowest BCUT2D eigenvalue weighted by molar-refractivity contribution is -0.299. The number of aliphatic hydroxyl groups excluding tert-OH is 5. The van der Waals surface area contributed by atoms with Crippen LogP contribution in [0.15, 0.2) is 23.3 Å². The van der Waals surface area contributed by atoms with E-state index in [9.17, 15) is 35.1 Å². The van der Waals surface area contributed by atoms with E-state index in [1.165, 1.54) is 0 Å². The van der Waals surface area contributed by atoms with Gasteiger partial charge in [0.1, 0.15) is 42.2 Å². The summed E-state index contributed by atoms with van der Waals surface area (Å²) in [6.07, 6.45) is 0.417. The Bertz CT molecular complexity index is 1290. The minimum atomic E-state index is -1.56. The molecule has 3 saturated carbocycles. The van der Waals surface area contributed by atoms with Gasteiger partial charge in [-0.25, -0.2) is 4.79 Å². The summed E-state index contributed by atoms with van der Waals surface area (Å²) in [5.41, 5.74) is -0.281. The second-order valence-electron chi connectivity index (χ2n) is 15.4. The van der Waals surface area contributed by atoms with E-state index >= 15 is 0 Å². The standard InChI is InChI=1S/C34H48O11/c1-15-11-22(43-30(41)18(15)14-42-31-29(40)28(39)27(38)23(13-35)44-31)16(2)19-5-6-20-17-12-26-34(45-26)25(37)8-7-24(36)33(34,4)21(17)9-10-32(19,20)3/h7-8,16-17,19-23,25-29,31,35,37-40H,5-6,9-14H2,1-4H3/t16-,17-,19+,20-,21-,22-,23+,25-,26+,27+,28-,29+,31+,32+,33-,34+/m0/s1. The molecular formula is C34H48O11. The van der Waals surface area contributed by atoms with Crippen LogP contribution in [0.2, 0.25) is 0 Å². The number of esters is 1. The third-order valence-electron chi connectivity index (χ3n) is 13.7. The van der Waals surface area contributed by atoms with Gasteiger partial charge in [0, 0.05) is 6.42 Å². The third-order valence-corrected chi connectivity index (χ3v) is 13.7. The first-order valence-corrected chi connectivity index (χ1v) is 16.7. The average molecular weight is 633 g/mol. The molecule has 0 aromatic heterocycles. The van der Waals surface area contributed by atoms with Crippen LogP contribution < -0.4 is 0 Å². The number of cyclic esters (lactones) is 1. The molecule has 250 valence electrons. The van der Waals surface area contributed by atoms with Crippen molar-refractivity contribution in [1.82, 2.24) is 0 Å². The van der Waals surface area contributed by atoms with E-state index in [0.29, 0.717) is 29.7 Å². The Labute approximate surface area is 263 Å². The van der Waals surface area contributed by atoms with Crippen molar-refractivity contribution in [3.63, 3.8) is 0 Å². The molecule has 1 spiro atoms. The number of hydrogen-bond donors (Lipinski definition) is 5. The highest BCUT2D eigenvalue weighted by molar-refractivity contribution is 5.98. The lowest BCUT2D eigenvalue weighted by Gasteiger charge is -2.58. The molecule has 3 aliphatic heterocycles. The van der Waals surface area contributed by atoms with E-state index in [-0.39, 0.29) is 41.8 Å². The fourth-order valence-corrected chi connectivity index (χ4v) is 11.0. The molecule has 7 aliphatic rings. The van der Waals surface area contributed by atoms with Gasteiger partial charge < -0.3 is 44.5 Å². The summed E-state index contributed by atoms with van der Waals surface area (Å²) in [5, 5.41) is 50.8. The maximum Gasteiger partial charge on any atom is 0.336 e. The number of hydrogen-bond acceptors (Lipinski definition) is 11. The highest BCUT2D eigenvalue weighted by atomic mass is 16.7. The molecule has 45 heavy (non-hydrogen) atoms. The van der Waals surface area contributed by atoms with Crippen molar-refractivity contribution in [2.75, 3.05) is 13.2 Å². The van der Waals surface area contributed by atoms with Crippen LogP contribution in [0.5, 0.6) is 0 Å². The molecule has 0 aromatic carbocycles. The van der Waals surface area contributed by atoms with Crippen molar-refractivity contribution in [3.8, 4) is 0 Å². The quantitative estimate of drug-likeness (QED) is 0.210. The molecule has 0 radical (unpaired) electrons. The molecule has 7 rings (SSSR count). The first-order valence-electron chi connectivity index (χ1n) is 16.7. The number of carbonyl (C=O) groups is 2. The van der Waals surface area contributed by atoms with Crippen molar-refractivity contribution in [2.45, 2.75) is 121 Å². The Morgan fingerprint density at radius 2 is 1.80 bits per heavy atom. The molecule has 11 heteroatoms. The van der Waals surface area contributed by atoms with Crippen LogP contribution in [-0.2, 0) is 28.5 Å². The van der Waals surface area contributed by atoms with Crippen LogP contribution in [0.1, 0.15) is 66.2 Å². The normalized spacial score (nSPS) is 52.8. The maximum absolute atomic E-state index is 13.4. The summed E-state index contributed by atoms with van der Waals surface area (Å²) in [4.78, 5) is 26.7. The summed E-state index contributed by atoms with van der Waals surface area (Å²) in [6.45, 7) is 7.73. The first kappa shape index (κ1) is 31.9. The molecule has 0 unspecified atom stereocenters. The Morgan fingerprint density at radius 1 is 1.04 bits per heavy atom. The molecule has 0 aromatic rings. The van der Waals surface area contributed by atoms with Crippen molar-refractivity contribution in [1.29, 1.82) is 0 Å². The van der Waals surface area contributed by atoms with Gasteiger partial charge in [-0.1, -0.05) is 19.4 Å². The molecule has 5 fully saturated rings. The van der Waals surface area contributed by atoms with Crippen LogP contribution in [0.3, 0.4) is 0 Å². The largest absolute Gasteiger partial charge is 0.458 e. The fourth-order valence-electron chi connectivity index (χ4n) is 11.0. The molecule has 2 saturated heterocycles. The molecular weight excluding hydrogens is 584 g/mol. The smallest absolute Gasteiger partial charge is 0.336 e. The van der Waals surface area contributed by atoms with E-state index in [1.807, 2.05) is 13.8 Å². The van der Waals surface area contributed by atoms with Gasteiger partial charge in [-0.3, -0.25) is 4.79 Å². The number of epoxide rings is 1. The average Bonchev–Trinajstić information content (AvgIpc) is 3.64. The molecule has 16 atom stereocenters. The van der Waals surface area contributed by atoms with E-state index in [1.54, 1.807) is 12.2 Å². The van der Waals surface area contributed by atoms with Gasteiger partial charge in [0.25, 0.3) is 0 Å². The summed E-state index contributed by atoms with van der Waals surface area (Å²) in [7, 11) is 0. The second-order valence-corrected chi connectivity index (χ2v) is 15.4. The Hall–Kier alpha value is -1.70. The summed E-state index contributed by atoms with van der Waals surface area (Å²) >= 11 is 0. The number of allylic oxidation sites excluding steroid dienone is 1. The lowest BCUT2D eigenvalue weighted by Crippen LogP contribution is -2.63. The fraction of sp³-hybridized carbons (Fsp3) is 0.824. The van der Waals surface area contributed by atoms with Gasteiger partial charge in [-0.15, -0.1) is 0 Å². The molecule has 3 heterocycles. The topological polar surface area (TPSA) is 176 Å². The minimum absolute atomic E-state index is 0.0362. The molecule has 0 bridgehead atoms. The van der Waals surface area contributed by atoms with E-state index in [2.05, 4.69) is 13.8 Å². The lowest BCUT2D eigenvalue weighted by atomic mass is 9.44. The number of aliphatic hydroxyl groups is 5. The number of ether oxygens (including phenoxy) is 4. The Kier molecular flexibility index (Phi) is 7.73. The predicted octanol–water partition coefficient (Wildman–Crippen LogP) is 1.18. The van der Waals surface area contributed by atoms with E-state index in [4.69, 9.17) is 18.9 Å². The van der Waals surface area contributed by atoms with Crippen LogP contribution in [0.4, 0.5) is 0 Å². The van der Waals surface area contributed by atoms with Crippen LogP contribution >= 0.6 is 0 Å². The van der Waals surface area contributed by atoms with Crippen molar-refractivity contribution in [2.24, 2.45) is 40.4 Å². The van der Waals surface area contributed by atoms with Gasteiger partial charge in [-0.05, 0) is 93.1 Å². The SMILES string of the molecule is CC1=C(CO[C@@H]2O[C@H](CO)[C@@H](O)[C@H](O)[C@H]2O)C(=O)O[C@H]([C@@H](C)[C@H]2CC[C@H]3[C@@H]4C[C@H]5O[C@]56[C@@H](O)C=CC(=O)[C@]6(C)[C@H]4CC[C@]23C)C1. The summed E-state index contributed by atoms with van der Waals surface area (Å²) in [6, 6.07) is 0. The van der Waals surface area contributed by atoms with E-state index < -0.39 is 60.4 Å². The number of carbonyl (C=O) groups excluding carboxylic acids is 2. The van der Waals surface area contributed by atoms with Gasteiger partial charge >= 0.3 is 5.97 Å². The van der Waals surface area contributed by atoms with Crippen molar-refractivity contribution >= 4 is 11.8 Å². The zero-order chi connectivity index (χ0) is 32.2. The Morgan fingerprint density at radius 3 is 2.51 bits per heavy atom.